The zero-order valence-electron chi connectivity index (χ0n) is 12.5. The summed E-state index contributed by atoms with van der Waals surface area (Å²) in [7, 11) is -3.52. The Hall–Kier alpha value is -1.45. The van der Waals surface area contributed by atoms with Gasteiger partial charge in [0, 0.05) is 37.2 Å². The average molecular weight is 354 g/mol. The number of amides is 1. The predicted molar refractivity (Wildman–Crippen MR) is 88.6 cm³/mol. The normalized spacial score (nSPS) is 20.3. The summed E-state index contributed by atoms with van der Waals surface area (Å²) in [5.74, 6) is 0.674. The Bertz CT molecular complexity index is 698. The minimum absolute atomic E-state index is 0.0587. The van der Waals surface area contributed by atoms with E-state index in [4.69, 9.17) is 0 Å². The Balaban J connectivity index is 1.59. The molecule has 0 spiro atoms. The Kier molecular flexibility index (Phi) is 4.98. The van der Waals surface area contributed by atoms with Crippen LogP contribution in [0.1, 0.15) is 12.8 Å². The lowest BCUT2D eigenvalue weighted by Crippen LogP contribution is -2.43. The monoisotopic (exact) mass is 354 g/mol. The number of pyridine rings is 1. The number of carbonyl (C=O) groups excluding carboxylic acids is 1. The summed E-state index contributed by atoms with van der Waals surface area (Å²) in [5, 5.41) is 3.51. The van der Waals surface area contributed by atoms with Gasteiger partial charge in [-0.1, -0.05) is 11.8 Å². The number of thioether (sulfide) groups is 1. The number of hydrogen-bond acceptors (Lipinski definition) is 6. The number of aliphatic imine (C=N–C) groups is 1. The molecule has 1 amide bonds. The zero-order valence-corrected chi connectivity index (χ0v) is 14.1. The number of hydrogen-bond donors (Lipinski definition) is 1. The molecule has 0 unspecified atom stereocenters. The van der Waals surface area contributed by atoms with Crippen LogP contribution in [-0.2, 0) is 14.8 Å². The summed E-state index contributed by atoms with van der Waals surface area (Å²) < 4.78 is 26.4. The van der Waals surface area contributed by atoms with Crippen LogP contribution in [0.3, 0.4) is 0 Å². The summed E-state index contributed by atoms with van der Waals surface area (Å²) in [5.41, 5.74) is 0. The maximum absolute atomic E-state index is 12.5. The molecule has 1 saturated heterocycles. The van der Waals surface area contributed by atoms with Gasteiger partial charge in [0.25, 0.3) is 0 Å². The molecular formula is C14H18N4O3S2. The van der Waals surface area contributed by atoms with E-state index in [1.165, 1.54) is 16.6 Å². The standard InChI is InChI=1S/C14H18N4O3S2/c19-13(17-14-16-6-9-22-14)11-3-7-18(8-4-11)23(20,21)12-2-1-5-15-10-12/h1-2,5,10-11H,3-4,6-9H2,(H,16,17,19). The van der Waals surface area contributed by atoms with Crippen molar-refractivity contribution in [2.75, 3.05) is 25.4 Å². The van der Waals surface area contributed by atoms with E-state index in [9.17, 15) is 13.2 Å². The minimum atomic E-state index is -3.52. The quantitative estimate of drug-likeness (QED) is 0.863. The number of nitrogens with one attached hydrogen (secondary N) is 1. The second-order valence-electron chi connectivity index (χ2n) is 5.39. The molecule has 0 saturated carbocycles. The maximum atomic E-state index is 12.5. The highest BCUT2D eigenvalue weighted by molar-refractivity contribution is 8.14. The Morgan fingerprint density at radius 3 is 2.74 bits per heavy atom. The third-order valence-electron chi connectivity index (χ3n) is 3.91. The van der Waals surface area contributed by atoms with Gasteiger partial charge in [-0.15, -0.1) is 0 Å². The molecule has 0 bridgehead atoms. The van der Waals surface area contributed by atoms with Gasteiger partial charge in [0.15, 0.2) is 5.17 Å². The molecule has 9 heteroatoms. The van der Waals surface area contributed by atoms with Crippen molar-refractivity contribution >= 4 is 32.9 Å². The lowest BCUT2D eigenvalue weighted by molar-refractivity contribution is -0.124. The van der Waals surface area contributed by atoms with Gasteiger partial charge in [0.1, 0.15) is 4.90 Å². The van der Waals surface area contributed by atoms with Crippen molar-refractivity contribution < 1.29 is 13.2 Å². The van der Waals surface area contributed by atoms with Crippen LogP contribution in [-0.4, -0.2) is 54.2 Å². The predicted octanol–water partition coefficient (Wildman–Crippen LogP) is 0.701. The van der Waals surface area contributed by atoms with Crippen molar-refractivity contribution in [1.29, 1.82) is 0 Å². The highest BCUT2D eigenvalue weighted by atomic mass is 32.2. The van der Waals surface area contributed by atoms with Crippen molar-refractivity contribution in [1.82, 2.24) is 14.6 Å². The van der Waals surface area contributed by atoms with E-state index < -0.39 is 10.0 Å². The summed E-state index contributed by atoms with van der Waals surface area (Å²) in [6.07, 6.45) is 3.93. The van der Waals surface area contributed by atoms with E-state index in [-0.39, 0.29) is 16.7 Å². The topological polar surface area (TPSA) is 91.7 Å². The average Bonchev–Trinajstić information content (AvgIpc) is 3.09. The summed E-state index contributed by atoms with van der Waals surface area (Å²) >= 11 is 1.54. The van der Waals surface area contributed by atoms with Gasteiger partial charge in [0.2, 0.25) is 15.9 Å². The van der Waals surface area contributed by atoms with Gasteiger partial charge >= 0.3 is 0 Å². The molecule has 1 N–H and O–H groups in total. The summed E-state index contributed by atoms with van der Waals surface area (Å²) in [4.78, 5) is 20.5. The molecule has 3 heterocycles. The van der Waals surface area contributed by atoms with Gasteiger partial charge in [-0.2, -0.15) is 4.31 Å². The molecule has 3 rings (SSSR count). The minimum Gasteiger partial charge on any atom is -0.305 e. The number of carbonyl (C=O) groups is 1. The third kappa shape index (κ3) is 3.73. The van der Waals surface area contributed by atoms with Crippen LogP contribution in [0.2, 0.25) is 0 Å². The van der Waals surface area contributed by atoms with Crippen LogP contribution in [0.4, 0.5) is 0 Å². The second kappa shape index (κ2) is 6.98. The van der Waals surface area contributed by atoms with Gasteiger partial charge in [-0.3, -0.25) is 14.8 Å². The molecule has 1 aromatic rings. The van der Waals surface area contributed by atoms with E-state index >= 15 is 0 Å². The number of aromatic nitrogens is 1. The first-order chi connectivity index (χ1) is 11.1. The Morgan fingerprint density at radius 1 is 1.35 bits per heavy atom. The van der Waals surface area contributed by atoms with Gasteiger partial charge in [-0.05, 0) is 25.0 Å². The molecule has 2 aliphatic rings. The van der Waals surface area contributed by atoms with Crippen LogP contribution >= 0.6 is 11.8 Å². The fraction of sp³-hybridized carbons (Fsp3) is 0.500. The Labute approximate surface area is 139 Å². The molecule has 124 valence electrons. The van der Waals surface area contributed by atoms with Crippen LogP contribution in [0.5, 0.6) is 0 Å². The van der Waals surface area contributed by atoms with E-state index in [1.54, 1.807) is 24.0 Å². The van der Waals surface area contributed by atoms with Crippen LogP contribution in [0.25, 0.3) is 0 Å². The van der Waals surface area contributed by atoms with Gasteiger partial charge in [0.05, 0.1) is 6.54 Å². The fourth-order valence-corrected chi connectivity index (χ4v) is 4.79. The Morgan fingerprint density at radius 2 is 2.13 bits per heavy atom. The highest BCUT2D eigenvalue weighted by Gasteiger charge is 2.32. The number of amidine groups is 1. The van der Waals surface area contributed by atoms with Crippen LogP contribution in [0, 0.1) is 5.92 Å². The van der Waals surface area contributed by atoms with E-state index in [0.717, 1.165) is 12.3 Å². The molecule has 1 fully saturated rings. The van der Waals surface area contributed by atoms with Crippen molar-refractivity contribution in [3.8, 4) is 0 Å². The van der Waals surface area contributed by atoms with Crippen molar-refractivity contribution in [2.24, 2.45) is 10.9 Å². The van der Waals surface area contributed by atoms with Crippen LogP contribution in [0.15, 0.2) is 34.4 Å². The molecule has 0 radical (unpaired) electrons. The van der Waals surface area contributed by atoms with Crippen molar-refractivity contribution in [2.45, 2.75) is 17.7 Å². The van der Waals surface area contributed by atoms with Crippen LogP contribution < -0.4 is 5.32 Å². The molecule has 0 aliphatic carbocycles. The molecule has 0 atom stereocenters. The van der Waals surface area contributed by atoms with Gasteiger partial charge < -0.3 is 5.32 Å². The first-order valence-electron chi connectivity index (χ1n) is 7.45. The van der Waals surface area contributed by atoms with E-state index in [0.29, 0.717) is 31.1 Å². The first-order valence-corrected chi connectivity index (χ1v) is 9.88. The number of piperidine rings is 1. The third-order valence-corrected chi connectivity index (χ3v) is 6.69. The maximum Gasteiger partial charge on any atom is 0.244 e. The van der Waals surface area contributed by atoms with E-state index in [2.05, 4.69) is 15.3 Å². The largest absolute Gasteiger partial charge is 0.305 e. The number of rotatable bonds is 3. The highest BCUT2D eigenvalue weighted by Crippen LogP contribution is 2.24. The molecule has 7 nitrogen and oxygen atoms in total. The number of sulfonamides is 1. The lowest BCUT2D eigenvalue weighted by Gasteiger charge is -2.30. The molecule has 0 aromatic carbocycles. The SMILES string of the molecule is O=C(NC1=NCCS1)C1CCN(S(=O)(=O)c2cccnc2)CC1. The summed E-state index contributed by atoms with van der Waals surface area (Å²) in [6, 6.07) is 3.14. The van der Waals surface area contributed by atoms with Crippen molar-refractivity contribution in [3.05, 3.63) is 24.5 Å². The van der Waals surface area contributed by atoms with Crippen molar-refractivity contribution in [3.63, 3.8) is 0 Å². The molecule has 23 heavy (non-hydrogen) atoms. The zero-order chi connectivity index (χ0) is 16.3. The molecular weight excluding hydrogens is 336 g/mol. The second-order valence-corrected chi connectivity index (χ2v) is 8.41. The number of nitrogens with zero attached hydrogens (tertiary/aromatic N) is 3. The molecule has 1 aromatic heterocycles. The first kappa shape index (κ1) is 16.4. The smallest absolute Gasteiger partial charge is 0.244 e. The summed E-state index contributed by atoms with van der Waals surface area (Å²) in [6.45, 7) is 1.42. The van der Waals surface area contributed by atoms with E-state index in [1.807, 2.05) is 0 Å². The fourth-order valence-electron chi connectivity index (χ4n) is 2.63. The lowest BCUT2D eigenvalue weighted by atomic mass is 9.97. The van der Waals surface area contributed by atoms with Gasteiger partial charge in [-0.25, -0.2) is 8.42 Å². The molecule has 2 aliphatic heterocycles.